The van der Waals surface area contributed by atoms with Gasteiger partial charge in [-0.1, -0.05) is 11.3 Å². The zero-order valence-corrected chi connectivity index (χ0v) is 11.9. The van der Waals surface area contributed by atoms with Gasteiger partial charge in [-0.25, -0.2) is 4.98 Å². The lowest BCUT2D eigenvalue weighted by molar-refractivity contribution is 0.480. The van der Waals surface area contributed by atoms with Gasteiger partial charge in [-0.2, -0.15) is 0 Å². The minimum Gasteiger partial charge on any atom is -0.431 e. The minimum atomic E-state index is 0.637. The van der Waals surface area contributed by atoms with Crippen LogP contribution in [0.3, 0.4) is 0 Å². The van der Waals surface area contributed by atoms with Crippen molar-refractivity contribution in [3.05, 3.63) is 42.5 Å². The molecule has 0 aliphatic heterocycles. The quantitative estimate of drug-likeness (QED) is 0.573. The Hall–Kier alpha value is -1.72. The molecule has 3 aromatic rings. The average Bonchev–Trinajstić information content (AvgIpc) is 2.81. The van der Waals surface area contributed by atoms with Gasteiger partial charge in [-0.3, -0.25) is 0 Å². The van der Waals surface area contributed by atoms with Gasteiger partial charge in [0.15, 0.2) is 0 Å². The van der Waals surface area contributed by atoms with E-state index >= 15 is 0 Å². The van der Waals surface area contributed by atoms with Crippen molar-refractivity contribution in [3.63, 3.8) is 0 Å². The molecule has 0 amide bonds. The fraction of sp³-hybridized carbons (Fsp3) is 0.0714. The van der Waals surface area contributed by atoms with Crippen molar-refractivity contribution in [2.75, 3.05) is 12.0 Å². The maximum atomic E-state index is 5.76. The lowest BCUT2D eigenvalue weighted by Crippen LogP contribution is -1.83. The molecule has 0 unspecified atom stereocenters. The molecule has 0 spiro atoms. The first kappa shape index (κ1) is 12.3. The molecule has 0 aliphatic rings. The van der Waals surface area contributed by atoms with Crippen LogP contribution in [0, 0.1) is 0 Å². The maximum absolute atomic E-state index is 5.76. The number of thiazole rings is 1. The van der Waals surface area contributed by atoms with Crippen LogP contribution in [-0.2, 0) is 0 Å². The summed E-state index contributed by atoms with van der Waals surface area (Å²) in [5.41, 5.74) is 7.41. The summed E-state index contributed by atoms with van der Waals surface area (Å²) in [7, 11) is 0. The van der Waals surface area contributed by atoms with Crippen LogP contribution in [0.1, 0.15) is 0 Å². The number of ether oxygens (including phenoxy) is 1. The summed E-state index contributed by atoms with van der Waals surface area (Å²) in [6.45, 7) is 0. The van der Waals surface area contributed by atoms with Gasteiger partial charge in [0.05, 0.1) is 10.2 Å². The van der Waals surface area contributed by atoms with Crippen LogP contribution in [0.5, 0.6) is 10.9 Å². The summed E-state index contributed by atoms with van der Waals surface area (Å²) in [5.74, 6) is 0.796. The van der Waals surface area contributed by atoms with E-state index in [-0.39, 0.29) is 0 Å². The molecule has 2 aromatic carbocycles. The van der Waals surface area contributed by atoms with Crippen LogP contribution < -0.4 is 10.5 Å². The first-order chi connectivity index (χ1) is 9.24. The predicted octanol–water partition coefficient (Wildman–Crippen LogP) is 4.39. The summed E-state index contributed by atoms with van der Waals surface area (Å²) in [5, 5.41) is 0.637. The van der Waals surface area contributed by atoms with E-state index in [0.717, 1.165) is 21.7 Å². The molecule has 96 valence electrons. The van der Waals surface area contributed by atoms with Gasteiger partial charge in [0.1, 0.15) is 5.75 Å². The maximum Gasteiger partial charge on any atom is 0.279 e. The zero-order chi connectivity index (χ0) is 13.2. The third kappa shape index (κ3) is 2.67. The predicted molar refractivity (Wildman–Crippen MR) is 82.3 cm³/mol. The summed E-state index contributed by atoms with van der Waals surface area (Å²) < 4.78 is 6.80. The van der Waals surface area contributed by atoms with Crippen molar-refractivity contribution < 1.29 is 4.74 Å². The number of anilines is 1. The first-order valence-corrected chi connectivity index (χ1v) is 7.77. The Morgan fingerprint density at radius 3 is 2.68 bits per heavy atom. The molecule has 3 nitrogen and oxygen atoms in total. The van der Waals surface area contributed by atoms with E-state index in [1.165, 1.54) is 16.2 Å². The van der Waals surface area contributed by atoms with E-state index < -0.39 is 0 Å². The fourth-order valence-corrected chi connectivity index (χ4v) is 3.00. The number of aromatic nitrogens is 1. The number of nitrogen functional groups attached to an aromatic ring is 1. The number of thioether (sulfide) groups is 1. The van der Waals surface area contributed by atoms with Crippen LogP contribution in [0.4, 0.5) is 5.69 Å². The number of fused-ring (bicyclic) bond motifs is 1. The van der Waals surface area contributed by atoms with E-state index in [2.05, 4.69) is 4.98 Å². The molecular weight excluding hydrogens is 276 g/mol. The third-order valence-electron chi connectivity index (χ3n) is 2.66. The molecule has 0 saturated carbocycles. The standard InChI is InChI=1S/C14H12N2OS2/c1-18-11-5-3-10(4-6-11)17-14-16-12-7-2-9(15)8-13(12)19-14/h2-8H,15H2,1H3. The monoisotopic (exact) mass is 288 g/mol. The molecule has 19 heavy (non-hydrogen) atoms. The van der Waals surface area contributed by atoms with Crippen molar-refractivity contribution >= 4 is 39.0 Å². The highest BCUT2D eigenvalue weighted by Gasteiger charge is 2.06. The van der Waals surface area contributed by atoms with E-state index in [1.807, 2.05) is 48.7 Å². The average molecular weight is 288 g/mol. The largest absolute Gasteiger partial charge is 0.431 e. The van der Waals surface area contributed by atoms with Crippen LogP contribution in [0.2, 0.25) is 0 Å². The molecule has 0 atom stereocenters. The van der Waals surface area contributed by atoms with Gasteiger partial charge >= 0.3 is 0 Å². The van der Waals surface area contributed by atoms with E-state index in [1.54, 1.807) is 11.8 Å². The van der Waals surface area contributed by atoms with E-state index in [0.29, 0.717) is 5.19 Å². The smallest absolute Gasteiger partial charge is 0.279 e. The number of nitrogens with zero attached hydrogens (tertiary/aromatic N) is 1. The number of benzene rings is 2. The Balaban J connectivity index is 1.87. The van der Waals surface area contributed by atoms with Gasteiger partial charge < -0.3 is 10.5 Å². The lowest BCUT2D eigenvalue weighted by atomic mass is 10.3. The second-order valence-corrected chi connectivity index (χ2v) is 5.86. The minimum absolute atomic E-state index is 0.637. The lowest BCUT2D eigenvalue weighted by Gasteiger charge is -2.01. The van der Waals surface area contributed by atoms with Crippen LogP contribution in [0.15, 0.2) is 47.4 Å². The third-order valence-corrected chi connectivity index (χ3v) is 4.30. The van der Waals surface area contributed by atoms with Gasteiger partial charge in [0, 0.05) is 10.6 Å². The number of hydrogen-bond acceptors (Lipinski definition) is 5. The van der Waals surface area contributed by atoms with Crippen LogP contribution in [0.25, 0.3) is 10.2 Å². The second-order valence-electron chi connectivity index (χ2n) is 3.98. The van der Waals surface area contributed by atoms with Crippen molar-refractivity contribution in [1.82, 2.24) is 4.98 Å². The molecule has 0 fully saturated rings. The zero-order valence-electron chi connectivity index (χ0n) is 10.3. The number of nitrogens with two attached hydrogens (primary N) is 1. The highest BCUT2D eigenvalue weighted by molar-refractivity contribution is 7.98. The molecule has 1 heterocycles. The topological polar surface area (TPSA) is 48.1 Å². The Bertz CT molecular complexity index is 707. The van der Waals surface area contributed by atoms with Crippen LogP contribution >= 0.6 is 23.1 Å². The van der Waals surface area contributed by atoms with Crippen molar-refractivity contribution in [1.29, 1.82) is 0 Å². The first-order valence-electron chi connectivity index (χ1n) is 5.72. The summed E-state index contributed by atoms with van der Waals surface area (Å²) in [6, 6.07) is 13.6. The van der Waals surface area contributed by atoms with Crippen molar-refractivity contribution in [2.45, 2.75) is 4.90 Å². The molecule has 1 aromatic heterocycles. The number of hydrogen-bond donors (Lipinski definition) is 1. The SMILES string of the molecule is CSc1ccc(Oc2nc3ccc(N)cc3s2)cc1. The Labute approximate surface area is 119 Å². The van der Waals surface area contributed by atoms with Gasteiger partial charge in [0.25, 0.3) is 5.19 Å². The van der Waals surface area contributed by atoms with Crippen LogP contribution in [-0.4, -0.2) is 11.2 Å². The highest BCUT2D eigenvalue weighted by atomic mass is 32.2. The molecule has 0 bridgehead atoms. The van der Waals surface area contributed by atoms with Crippen molar-refractivity contribution in [3.8, 4) is 10.9 Å². The summed E-state index contributed by atoms with van der Waals surface area (Å²) in [4.78, 5) is 5.64. The Morgan fingerprint density at radius 1 is 1.16 bits per heavy atom. The Kier molecular flexibility index (Phi) is 3.31. The normalized spacial score (nSPS) is 10.8. The van der Waals surface area contributed by atoms with Gasteiger partial charge in [-0.15, -0.1) is 11.8 Å². The number of rotatable bonds is 3. The molecule has 0 aliphatic carbocycles. The van der Waals surface area contributed by atoms with Gasteiger partial charge in [-0.05, 0) is 48.7 Å². The Morgan fingerprint density at radius 2 is 1.95 bits per heavy atom. The van der Waals surface area contributed by atoms with E-state index in [9.17, 15) is 0 Å². The van der Waals surface area contributed by atoms with Crippen molar-refractivity contribution in [2.24, 2.45) is 0 Å². The second kappa shape index (κ2) is 5.11. The summed E-state index contributed by atoms with van der Waals surface area (Å²) >= 11 is 3.20. The summed E-state index contributed by atoms with van der Waals surface area (Å²) in [6.07, 6.45) is 2.05. The van der Waals surface area contributed by atoms with E-state index in [4.69, 9.17) is 10.5 Å². The molecule has 5 heteroatoms. The fourth-order valence-electron chi connectivity index (χ4n) is 1.71. The molecular formula is C14H12N2OS2. The van der Waals surface area contributed by atoms with Gasteiger partial charge in [0.2, 0.25) is 0 Å². The molecule has 3 rings (SSSR count). The molecule has 0 saturated heterocycles. The highest BCUT2D eigenvalue weighted by Crippen LogP contribution is 2.32. The molecule has 2 N–H and O–H groups in total. The molecule has 0 radical (unpaired) electrons.